The summed E-state index contributed by atoms with van der Waals surface area (Å²) < 4.78 is 0. The molecule has 2 nitrogen and oxygen atoms in total. The standard InChI is InChI=1S/C22H32O2/c1-6-7-8-9-15-14(3)19(23)12-20(24)21(15)16-10-13(2)17-11-18(16)22(17,4)5/h10,12,16-18,23-24H,6-9,11H2,1-5H3/t16-,17?,18?/m1/s1. The van der Waals surface area contributed by atoms with E-state index < -0.39 is 0 Å². The van der Waals surface area contributed by atoms with Gasteiger partial charge in [0.15, 0.2) is 0 Å². The summed E-state index contributed by atoms with van der Waals surface area (Å²) in [6, 6.07) is 1.55. The van der Waals surface area contributed by atoms with E-state index >= 15 is 0 Å². The van der Waals surface area contributed by atoms with Gasteiger partial charge in [0.05, 0.1) is 0 Å². The minimum Gasteiger partial charge on any atom is -0.508 e. The van der Waals surface area contributed by atoms with Crippen molar-refractivity contribution < 1.29 is 10.2 Å². The van der Waals surface area contributed by atoms with E-state index in [4.69, 9.17) is 0 Å². The molecule has 2 heteroatoms. The average molecular weight is 328 g/mol. The van der Waals surface area contributed by atoms with Crippen LogP contribution in [-0.2, 0) is 6.42 Å². The number of hydrogen-bond acceptors (Lipinski definition) is 2. The molecule has 2 bridgehead atoms. The van der Waals surface area contributed by atoms with Crippen LogP contribution in [0.3, 0.4) is 0 Å². The van der Waals surface area contributed by atoms with Crippen molar-refractivity contribution in [2.45, 2.75) is 72.6 Å². The Hall–Kier alpha value is -1.44. The Labute approximate surface area is 146 Å². The Bertz CT molecular complexity index is 669. The van der Waals surface area contributed by atoms with E-state index in [1.165, 1.54) is 30.4 Å². The fourth-order valence-electron chi connectivity index (χ4n) is 5.21. The molecule has 1 fully saturated rings. The quantitative estimate of drug-likeness (QED) is 0.526. The van der Waals surface area contributed by atoms with Gasteiger partial charge in [-0.15, -0.1) is 0 Å². The van der Waals surface area contributed by atoms with Crippen LogP contribution in [0.4, 0.5) is 0 Å². The SMILES string of the molecule is CCCCCc1c(C)c(O)cc(O)c1[C@@H]1C=C(C)C2CC1C2(C)C. The monoisotopic (exact) mass is 328 g/mol. The molecule has 24 heavy (non-hydrogen) atoms. The van der Waals surface area contributed by atoms with Gasteiger partial charge in [-0.25, -0.2) is 0 Å². The number of phenols is 2. The molecule has 0 radical (unpaired) electrons. The Morgan fingerprint density at radius 2 is 1.83 bits per heavy atom. The van der Waals surface area contributed by atoms with Crippen molar-refractivity contribution in [2.75, 3.05) is 0 Å². The van der Waals surface area contributed by atoms with E-state index in [1.807, 2.05) is 6.92 Å². The van der Waals surface area contributed by atoms with Crippen LogP contribution < -0.4 is 0 Å². The van der Waals surface area contributed by atoms with Crippen molar-refractivity contribution in [3.8, 4) is 11.5 Å². The van der Waals surface area contributed by atoms with Gasteiger partial charge in [0.2, 0.25) is 0 Å². The molecule has 132 valence electrons. The predicted octanol–water partition coefficient (Wildman–Crippen LogP) is 5.84. The normalized spacial score (nSPS) is 27.5. The topological polar surface area (TPSA) is 40.5 Å². The Kier molecular flexibility index (Phi) is 4.44. The van der Waals surface area contributed by atoms with Gasteiger partial charge in [-0.05, 0) is 61.5 Å². The second-order valence-electron chi connectivity index (χ2n) is 8.54. The summed E-state index contributed by atoms with van der Waals surface area (Å²) in [5.41, 5.74) is 4.98. The zero-order valence-corrected chi connectivity index (χ0v) is 15.8. The summed E-state index contributed by atoms with van der Waals surface area (Å²) in [5.74, 6) is 2.07. The number of allylic oxidation sites excluding steroid dienone is 2. The third kappa shape index (κ3) is 2.55. The summed E-state index contributed by atoms with van der Waals surface area (Å²) in [6.07, 6.45) is 8.04. The van der Waals surface area contributed by atoms with Gasteiger partial charge in [-0.1, -0.05) is 45.3 Å². The van der Waals surface area contributed by atoms with Crippen LogP contribution in [0.2, 0.25) is 0 Å². The van der Waals surface area contributed by atoms with Crippen LogP contribution in [0.1, 0.15) is 76.0 Å². The molecule has 0 saturated heterocycles. The van der Waals surface area contributed by atoms with E-state index in [0.29, 0.717) is 17.3 Å². The van der Waals surface area contributed by atoms with Gasteiger partial charge in [0.25, 0.3) is 0 Å². The largest absolute Gasteiger partial charge is 0.508 e. The molecule has 3 atom stereocenters. The number of rotatable bonds is 5. The number of aromatic hydroxyl groups is 2. The predicted molar refractivity (Wildman–Crippen MR) is 99.6 cm³/mol. The lowest BCUT2D eigenvalue weighted by atomic mass is 9.45. The average Bonchev–Trinajstić information content (AvgIpc) is 2.51. The molecule has 1 saturated carbocycles. The maximum Gasteiger partial charge on any atom is 0.123 e. The van der Waals surface area contributed by atoms with Crippen molar-refractivity contribution in [3.63, 3.8) is 0 Å². The summed E-state index contributed by atoms with van der Waals surface area (Å²) >= 11 is 0. The maximum absolute atomic E-state index is 10.7. The van der Waals surface area contributed by atoms with Crippen molar-refractivity contribution in [1.82, 2.24) is 0 Å². The first-order valence-corrected chi connectivity index (χ1v) is 9.51. The molecule has 0 spiro atoms. The van der Waals surface area contributed by atoms with Crippen LogP contribution in [0, 0.1) is 24.2 Å². The first kappa shape index (κ1) is 17.4. The highest BCUT2D eigenvalue weighted by Gasteiger charge is 2.55. The van der Waals surface area contributed by atoms with Gasteiger partial charge in [0.1, 0.15) is 11.5 Å². The number of phenolic OH excluding ortho intramolecular Hbond substituents is 2. The number of fused-ring (bicyclic) bond motifs is 1. The molecule has 0 amide bonds. The Morgan fingerprint density at radius 1 is 1.12 bits per heavy atom. The number of hydrogen-bond donors (Lipinski definition) is 2. The van der Waals surface area contributed by atoms with Gasteiger partial charge in [-0.2, -0.15) is 0 Å². The first-order valence-electron chi connectivity index (χ1n) is 9.51. The first-order chi connectivity index (χ1) is 11.3. The van der Waals surface area contributed by atoms with Crippen molar-refractivity contribution in [2.24, 2.45) is 17.3 Å². The van der Waals surface area contributed by atoms with Crippen molar-refractivity contribution in [1.29, 1.82) is 0 Å². The van der Waals surface area contributed by atoms with Gasteiger partial charge in [-0.3, -0.25) is 0 Å². The lowest BCUT2D eigenvalue weighted by Gasteiger charge is -2.59. The fraction of sp³-hybridized carbons (Fsp3) is 0.636. The number of benzene rings is 1. The molecule has 3 aliphatic rings. The Balaban J connectivity index is 2.07. The lowest BCUT2D eigenvalue weighted by Crippen LogP contribution is -2.51. The minimum absolute atomic E-state index is 0.227. The molecule has 2 unspecified atom stereocenters. The zero-order valence-electron chi connectivity index (χ0n) is 15.8. The highest BCUT2D eigenvalue weighted by Crippen LogP contribution is 2.64. The molecule has 0 aromatic heterocycles. The van der Waals surface area contributed by atoms with E-state index in [0.717, 1.165) is 24.0 Å². The smallest absolute Gasteiger partial charge is 0.123 e. The lowest BCUT2D eigenvalue weighted by molar-refractivity contribution is -0.0196. The van der Waals surface area contributed by atoms with E-state index in [9.17, 15) is 10.2 Å². The second kappa shape index (κ2) is 6.13. The third-order valence-corrected chi connectivity index (χ3v) is 6.84. The highest BCUT2D eigenvalue weighted by atomic mass is 16.3. The molecule has 4 rings (SSSR count). The zero-order chi connectivity index (χ0) is 17.6. The minimum atomic E-state index is 0.227. The molecule has 1 aromatic carbocycles. The van der Waals surface area contributed by atoms with Crippen LogP contribution in [0.5, 0.6) is 11.5 Å². The van der Waals surface area contributed by atoms with Gasteiger partial charge < -0.3 is 10.2 Å². The van der Waals surface area contributed by atoms with Crippen LogP contribution >= 0.6 is 0 Å². The molecular formula is C22H32O2. The Morgan fingerprint density at radius 3 is 2.42 bits per heavy atom. The van der Waals surface area contributed by atoms with E-state index in [-0.39, 0.29) is 17.4 Å². The third-order valence-electron chi connectivity index (χ3n) is 6.84. The molecule has 0 heterocycles. The molecule has 2 N–H and O–H groups in total. The molecule has 3 aliphatic carbocycles. The van der Waals surface area contributed by atoms with Crippen molar-refractivity contribution >= 4 is 0 Å². The van der Waals surface area contributed by atoms with Crippen LogP contribution in [0.25, 0.3) is 0 Å². The molecule has 0 aliphatic heterocycles. The fourth-order valence-corrected chi connectivity index (χ4v) is 5.21. The maximum atomic E-state index is 10.7. The van der Waals surface area contributed by atoms with Crippen molar-refractivity contribution in [3.05, 3.63) is 34.4 Å². The summed E-state index contributed by atoms with van der Waals surface area (Å²) in [5, 5.41) is 20.9. The van der Waals surface area contributed by atoms with Crippen LogP contribution in [0.15, 0.2) is 17.7 Å². The van der Waals surface area contributed by atoms with E-state index in [2.05, 4.69) is 33.8 Å². The second-order valence-corrected chi connectivity index (χ2v) is 8.54. The number of unbranched alkanes of at least 4 members (excludes halogenated alkanes) is 2. The summed E-state index contributed by atoms with van der Waals surface area (Å²) in [6.45, 7) is 11.2. The highest BCUT2D eigenvalue weighted by molar-refractivity contribution is 5.55. The van der Waals surface area contributed by atoms with Crippen LogP contribution in [-0.4, -0.2) is 10.2 Å². The van der Waals surface area contributed by atoms with Gasteiger partial charge in [0, 0.05) is 17.5 Å². The summed E-state index contributed by atoms with van der Waals surface area (Å²) in [4.78, 5) is 0. The summed E-state index contributed by atoms with van der Waals surface area (Å²) in [7, 11) is 0. The molecule has 1 aromatic rings. The van der Waals surface area contributed by atoms with E-state index in [1.54, 1.807) is 6.07 Å². The van der Waals surface area contributed by atoms with Gasteiger partial charge >= 0.3 is 0 Å². The molecular weight excluding hydrogens is 296 g/mol.